The molecule has 0 bridgehead atoms. The fourth-order valence-corrected chi connectivity index (χ4v) is 6.02. The van der Waals surface area contributed by atoms with Gasteiger partial charge in [0.2, 0.25) is 5.91 Å². The smallest absolute Gasteiger partial charge is 0.252 e. The van der Waals surface area contributed by atoms with Gasteiger partial charge < -0.3 is 11.1 Å². The highest BCUT2D eigenvalue weighted by molar-refractivity contribution is 9.09. The lowest BCUT2D eigenvalue weighted by Gasteiger charge is -2.18. The largest absolute Gasteiger partial charge is 0.366 e. The average molecular weight is 628 g/mol. The van der Waals surface area contributed by atoms with Gasteiger partial charge in [0.1, 0.15) is 0 Å². The first kappa shape index (κ1) is 29.4. The number of alkyl halides is 1. The molecule has 3 N–H and O–H groups in total. The number of carbonyl (C=O) groups is 2. The maximum absolute atomic E-state index is 11.7. The van der Waals surface area contributed by atoms with Crippen molar-refractivity contribution in [1.82, 2.24) is 5.32 Å². The second kappa shape index (κ2) is 16.1. The van der Waals surface area contributed by atoms with E-state index >= 15 is 0 Å². The Bertz CT molecular complexity index is 1120. The molecule has 4 rings (SSSR count). The van der Waals surface area contributed by atoms with Crippen LogP contribution in [0.4, 0.5) is 0 Å². The fourth-order valence-electron chi connectivity index (χ4n) is 3.44. The van der Waals surface area contributed by atoms with Gasteiger partial charge in [-0.1, -0.05) is 119 Å². The number of hydrogen-bond donors (Lipinski definition) is 2. The van der Waals surface area contributed by atoms with Gasteiger partial charge in [0, 0.05) is 11.9 Å². The Labute approximate surface area is 233 Å². The molecule has 0 aromatic heterocycles. The van der Waals surface area contributed by atoms with Crippen molar-refractivity contribution in [3.8, 4) is 0 Å². The van der Waals surface area contributed by atoms with Crippen molar-refractivity contribution in [2.75, 3.05) is 11.9 Å². The first-order valence-electron chi connectivity index (χ1n) is 11.3. The van der Waals surface area contributed by atoms with Crippen molar-refractivity contribution in [3.05, 3.63) is 126 Å². The number of rotatable bonds is 8. The zero-order valence-electron chi connectivity index (χ0n) is 19.7. The molecule has 4 nitrogen and oxygen atoms in total. The van der Waals surface area contributed by atoms with Gasteiger partial charge >= 0.3 is 0 Å². The number of hydrogen-bond acceptors (Lipinski definition) is 2. The average Bonchev–Trinajstić information content (AvgIpc) is 2.91. The Morgan fingerprint density at radius 3 is 1.44 bits per heavy atom. The zero-order valence-corrected chi connectivity index (χ0v) is 23.9. The fraction of sp³-hybridized carbons (Fsp3) is 0.103. The molecule has 4 aromatic rings. The van der Waals surface area contributed by atoms with Crippen molar-refractivity contribution in [1.29, 1.82) is 0 Å². The molecular weight excluding hydrogens is 599 g/mol. The molecule has 0 aliphatic carbocycles. The molecule has 0 aliphatic heterocycles. The van der Waals surface area contributed by atoms with Crippen LogP contribution < -0.4 is 27.0 Å². The molecule has 0 unspecified atom stereocenters. The van der Waals surface area contributed by atoms with E-state index in [1.54, 1.807) is 24.3 Å². The van der Waals surface area contributed by atoms with Crippen LogP contribution in [0.1, 0.15) is 27.1 Å². The topological polar surface area (TPSA) is 72.2 Å². The van der Waals surface area contributed by atoms with Gasteiger partial charge in [0.15, 0.2) is 0 Å². The third kappa shape index (κ3) is 8.70. The maximum atomic E-state index is 11.7. The molecule has 0 fully saturated rings. The molecule has 0 saturated carbocycles. The van der Waals surface area contributed by atoms with E-state index in [9.17, 15) is 9.59 Å². The predicted octanol–water partition coefficient (Wildman–Crippen LogP) is 5.32. The first-order chi connectivity index (χ1) is 17.1. The number of primary amides is 1. The van der Waals surface area contributed by atoms with Crippen LogP contribution >= 0.6 is 40.8 Å². The molecule has 186 valence electrons. The van der Waals surface area contributed by atoms with Crippen LogP contribution in [0, 0.1) is 0 Å². The minimum atomic E-state index is -0.591. The summed E-state index contributed by atoms with van der Waals surface area (Å²) in [5, 5.41) is 7.74. The SMILES string of the molecule is Br.NC(=O)c1ccccc1C(=O)NCCCBr.c1ccc(P(c2ccccc2)c2ccccc2)cc1. The van der Waals surface area contributed by atoms with Gasteiger partial charge in [-0.3, -0.25) is 9.59 Å². The van der Waals surface area contributed by atoms with Crippen molar-refractivity contribution < 1.29 is 9.59 Å². The van der Waals surface area contributed by atoms with Gasteiger partial charge in [-0.25, -0.2) is 0 Å². The van der Waals surface area contributed by atoms with Crippen molar-refractivity contribution >= 4 is 68.6 Å². The summed E-state index contributed by atoms with van der Waals surface area (Å²) in [6.07, 6.45) is 0.838. The quantitative estimate of drug-likeness (QED) is 0.158. The third-order valence-electron chi connectivity index (χ3n) is 5.08. The van der Waals surface area contributed by atoms with E-state index in [-0.39, 0.29) is 28.5 Å². The molecule has 0 radical (unpaired) electrons. The molecule has 0 saturated heterocycles. The maximum Gasteiger partial charge on any atom is 0.252 e. The number of amides is 2. The zero-order chi connectivity index (χ0) is 24.9. The van der Waals surface area contributed by atoms with Crippen LogP contribution in [-0.4, -0.2) is 23.7 Å². The number of carbonyl (C=O) groups excluding carboxylic acids is 2. The summed E-state index contributed by atoms with van der Waals surface area (Å²) < 4.78 is 0. The van der Waals surface area contributed by atoms with Gasteiger partial charge in [-0.2, -0.15) is 0 Å². The van der Waals surface area contributed by atoms with Crippen molar-refractivity contribution in [2.24, 2.45) is 5.73 Å². The molecule has 0 heterocycles. The van der Waals surface area contributed by atoms with Crippen LogP contribution in [0.15, 0.2) is 115 Å². The minimum Gasteiger partial charge on any atom is -0.366 e. The molecular formula is C29H29Br2N2O2P. The molecule has 0 aliphatic rings. The van der Waals surface area contributed by atoms with Crippen molar-refractivity contribution in [3.63, 3.8) is 0 Å². The predicted molar refractivity (Wildman–Crippen MR) is 161 cm³/mol. The lowest BCUT2D eigenvalue weighted by molar-refractivity contribution is 0.0936. The highest BCUT2D eigenvalue weighted by Gasteiger charge is 2.15. The van der Waals surface area contributed by atoms with E-state index < -0.39 is 13.8 Å². The summed E-state index contributed by atoms with van der Waals surface area (Å²) in [4.78, 5) is 22.8. The van der Waals surface area contributed by atoms with E-state index in [1.807, 2.05) is 0 Å². The van der Waals surface area contributed by atoms with E-state index in [2.05, 4.69) is 112 Å². The summed E-state index contributed by atoms with van der Waals surface area (Å²) in [5.74, 6) is -0.860. The van der Waals surface area contributed by atoms with Crippen LogP contribution in [0.2, 0.25) is 0 Å². The number of nitrogens with one attached hydrogen (secondary N) is 1. The minimum absolute atomic E-state index is 0. The van der Waals surface area contributed by atoms with Gasteiger partial charge in [0.25, 0.3) is 5.91 Å². The molecule has 2 amide bonds. The van der Waals surface area contributed by atoms with Gasteiger partial charge in [0.05, 0.1) is 11.1 Å². The first-order valence-corrected chi connectivity index (χ1v) is 13.8. The summed E-state index contributed by atoms with van der Waals surface area (Å²) in [6.45, 7) is 0.567. The second-order valence-corrected chi connectivity index (χ2v) is 10.6. The van der Waals surface area contributed by atoms with Gasteiger partial charge in [-0.05, 0) is 42.4 Å². The Hall–Kier alpha value is -2.79. The molecule has 7 heteroatoms. The highest BCUT2D eigenvalue weighted by Crippen LogP contribution is 2.32. The second-order valence-electron chi connectivity index (χ2n) is 7.55. The Morgan fingerprint density at radius 2 is 1.06 bits per heavy atom. The lowest BCUT2D eigenvalue weighted by Crippen LogP contribution is -2.27. The Morgan fingerprint density at radius 1 is 0.667 bits per heavy atom. The normalized spacial score (nSPS) is 9.94. The van der Waals surface area contributed by atoms with E-state index in [4.69, 9.17) is 5.73 Å². The van der Waals surface area contributed by atoms with Crippen LogP contribution in [-0.2, 0) is 0 Å². The molecule has 0 atom stereocenters. The highest BCUT2D eigenvalue weighted by atomic mass is 79.9. The number of benzene rings is 4. The van der Waals surface area contributed by atoms with Gasteiger partial charge in [-0.15, -0.1) is 17.0 Å². The van der Waals surface area contributed by atoms with E-state index in [0.29, 0.717) is 12.1 Å². The summed E-state index contributed by atoms with van der Waals surface area (Å²) in [7, 11) is -0.446. The third-order valence-corrected chi connectivity index (χ3v) is 8.08. The Balaban J connectivity index is 0.000000251. The summed E-state index contributed by atoms with van der Waals surface area (Å²) in [6, 6.07) is 38.8. The number of nitrogens with two attached hydrogens (primary N) is 1. The van der Waals surface area contributed by atoms with Crippen LogP contribution in [0.25, 0.3) is 0 Å². The summed E-state index contributed by atoms with van der Waals surface area (Å²) in [5.41, 5.74) is 5.75. The lowest BCUT2D eigenvalue weighted by atomic mass is 10.1. The molecule has 4 aromatic carbocycles. The monoisotopic (exact) mass is 626 g/mol. The van der Waals surface area contributed by atoms with E-state index in [0.717, 1.165) is 11.8 Å². The number of halogens is 2. The van der Waals surface area contributed by atoms with Crippen LogP contribution in [0.5, 0.6) is 0 Å². The van der Waals surface area contributed by atoms with Crippen molar-refractivity contribution in [2.45, 2.75) is 6.42 Å². The summed E-state index contributed by atoms with van der Waals surface area (Å²) >= 11 is 3.27. The standard InChI is InChI=1S/C18H15P.C11H13BrN2O2.BrH/c1-4-10-16(11-5-1)19(17-12-6-2-7-13-17)18-14-8-3-9-15-18;12-6-3-7-14-11(16)9-5-2-1-4-8(9)10(13)15;/h1-15H;1-2,4-5H,3,6-7H2,(H2,13,15)(H,14,16);1H. The van der Waals surface area contributed by atoms with E-state index in [1.165, 1.54) is 15.9 Å². The Kier molecular flexibility index (Phi) is 13.1. The molecule has 0 spiro atoms. The van der Waals surface area contributed by atoms with Crippen LogP contribution in [0.3, 0.4) is 0 Å². The molecule has 36 heavy (non-hydrogen) atoms.